The predicted octanol–water partition coefficient (Wildman–Crippen LogP) is 11.3. The summed E-state index contributed by atoms with van der Waals surface area (Å²) in [4.78, 5) is 30.0. The molecular formula is C40H64F3N3O4S. The van der Waals surface area contributed by atoms with Crippen LogP contribution in [0.1, 0.15) is 145 Å². The Morgan fingerprint density at radius 2 is 1.63 bits per heavy atom. The molecule has 11 heteroatoms. The molecule has 2 heterocycles. The third-order valence-corrected chi connectivity index (χ3v) is 9.44. The normalized spacial score (nSPS) is 14.8. The van der Waals surface area contributed by atoms with Crippen molar-refractivity contribution in [2.24, 2.45) is 11.3 Å². The fraction of sp³-hybridized carbons (Fsp3) is 0.675. The number of carbonyl (C=O) groups is 2. The molecule has 4 rings (SSSR count). The Bertz CT molecular complexity index is 1300. The number of pyridine rings is 1. The van der Waals surface area contributed by atoms with Gasteiger partial charge in [0, 0.05) is 24.7 Å². The van der Waals surface area contributed by atoms with Crippen molar-refractivity contribution in [1.82, 2.24) is 9.88 Å². The maximum atomic E-state index is 13.2. The first kappa shape index (κ1) is 47.9. The van der Waals surface area contributed by atoms with Gasteiger partial charge in [0.15, 0.2) is 0 Å². The van der Waals surface area contributed by atoms with E-state index in [1.54, 1.807) is 20.2 Å². The van der Waals surface area contributed by atoms with Crippen molar-refractivity contribution >= 4 is 28.9 Å². The van der Waals surface area contributed by atoms with Crippen molar-refractivity contribution < 1.29 is 32.6 Å². The molecule has 290 valence electrons. The van der Waals surface area contributed by atoms with Crippen molar-refractivity contribution in [1.29, 1.82) is 0 Å². The quantitative estimate of drug-likeness (QED) is 0.176. The van der Waals surface area contributed by atoms with Gasteiger partial charge in [0.25, 0.3) is 0 Å². The van der Waals surface area contributed by atoms with Crippen LogP contribution in [0.2, 0.25) is 0 Å². The smallest absolute Gasteiger partial charge is 0.405 e. The van der Waals surface area contributed by atoms with Crippen LogP contribution in [0.4, 0.5) is 18.9 Å². The van der Waals surface area contributed by atoms with Gasteiger partial charge in [-0.2, -0.15) is 13.2 Å². The van der Waals surface area contributed by atoms with Gasteiger partial charge >= 0.3 is 12.1 Å². The second-order valence-electron chi connectivity index (χ2n) is 12.6. The van der Waals surface area contributed by atoms with Gasteiger partial charge in [0.2, 0.25) is 11.8 Å². The minimum atomic E-state index is -4.41. The first-order valence-electron chi connectivity index (χ1n) is 18.7. The maximum absolute atomic E-state index is 13.2. The van der Waals surface area contributed by atoms with Crippen molar-refractivity contribution in [3.63, 3.8) is 0 Å². The summed E-state index contributed by atoms with van der Waals surface area (Å²) in [6.07, 6.45) is 11.4. The molecule has 7 nitrogen and oxygen atoms in total. The Morgan fingerprint density at radius 1 is 1.04 bits per heavy atom. The van der Waals surface area contributed by atoms with Crippen LogP contribution in [-0.4, -0.2) is 60.8 Å². The molecule has 2 aliphatic rings. The lowest BCUT2D eigenvalue weighted by atomic mass is 9.69. The zero-order valence-corrected chi connectivity index (χ0v) is 33.4. The topological polar surface area (TPSA) is 91.8 Å². The molecule has 2 aromatic rings. The third-order valence-electron chi connectivity index (χ3n) is 8.40. The monoisotopic (exact) mass is 739 g/mol. The van der Waals surface area contributed by atoms with E-state index in [1.165, 1.54) is 50.2 Å². The lowest BCUT2D eigenvalue weighted by Crippen LogP contribution is -2.42. The number of carboxylic acids is 1. The van der Waals surface area contributed by atoms with Gasteiger partial charge in [0.1, 0.15) is 10.3 Å². The van der Waals surface area contributed by atoms with Crippen LogP contribution < -0.4 is 10.1 Å². The molecule has 51 heavy (non-hydrogen) atoms. The highest BCUT2D eigenvalue weighted by molar-refractivity contribution is 7.15. The second-order valence-corrected chi connectivity index (χ2v) is 13.7. The minimum absolute atomic E-state index is 0.0421. The van der Waals surface area contributed by atoms with E-state index >= 15 is 0 Å². The summed E-state index contributed by atoms with van der Waals surface area (Å²) in [5, 5.41) is 11.9. The number of hydrogen-bond acceptors (Lipinski definition) is 6. The van der Waals surface area contributed by atoms with E-state index in [2.05, 4.69) is 48.1 Å². The summed E-state index contributed by atoms with van der Waals surface area (Å²) < 4.78 is 44.7. The van der Waals surface area contributed by atoms with Gasteiger partial charge in [-0.25, -0.2) is 9.78 Å². The van der Waals surface area contributed by atoms with E-state index in [9.17, 15) is 27.9 Å². The van der Waals surface area contributed by atoms with Crippen LogP contribution in [0.25, 0.3) is 0 Å². The van der Waals surface area contributed by atoms with Gasteiger partial charge in [-0.1, -0.05) is 111 Å². The molecule has 2 saturated carbocycles. The number of halogens is 3. The highest BCUT2D eigenvalue weighted by atomic mass is 32.1. The third kappa shape index (κ3) is 18.3. The SMILES string of the molecule is C1CCCCC1.CC.CC.CCCCC[C@H](C)C(=O)Nc1cc(C#CC2(C(F)(F)F)CCC2)sc1C(=O)O.COc1cc(CCN(C)C)ccn1. The number of rotatable bonds is 11. The number of aromatic nitrogens is 1. The van der Waals surface area contributed by atoms with Crippen LogP contribution in [0.3, 0.4) is 0 Å². The Kier molecular flexibility index (Phi) is 25.0. The molecule has 0 saturated heterocycles. The number of hydrogen-bond donors (Lipinski definition) is 2. The van der Waals surface area contributed by atoms with Crippen molar-refractivity contribution in [2.75, 3.05) is 33.1 Å². The molecule has 0 spiro atoms. The molecule has 2 fully saturated rings. The number of carbonyl (C=O) groups excluding carboxylic acids is 1. The number of thiophene rings is 1. The van der Waals surface area contributed by atoms with Crippen LogP contribution in [0.15, 0.2) is 24.4 Å². The van der Waals surface area contributed by atoms with E-state index < -0.39 is 17.6 Å². The largest absolute Gasteiger partial charge is 0.481 e. The zero-order valence-electron chi connectivity index (χ0n) is 32.6. The molecule has 1 atom stereocenters. The van der Waals surface area contributed by atoms with Crippen LogP contribution in [0.5, 0.6) is 5.88 Å². The second kappa shape index (κ2) is 26.6. The summed E-state index contributed by atoms with van der Waals surface area (Å²) >= 11 is 0.773. The van der Waals surface area contributed by atoms with Crippen molar-refractivity contribution in [3.8, 4) is 17.7 Å². The van der Waals surface area contributed by atoms with E-state index in [1.807, 2.05) is 39.8 Å². The van der Waals surface area contributed by atoms with Gasteiger partial charge < -0.3 is 20.1 Å². The number of carboxylic acid groups (broad SMARTS) is 1. The number of unbranched alkanes of at least 4 members (excludes halogenated alkanes) is 2. The summed E-state index contributed by atoms with van der Waals surface area (Å²) in [5.74, 6) is 3.65. The molecule has 2 aromatic heterocycles. The zero-order chi connectivity index (χ0) is 38.9. The van der Waals surface area contributed by atoms with Gasteiger partial charge in [-0.05, 0) is 63.9 Å². The Labute approximate surface area is 310 Å². The summed E-state index contributed by atoms with van der Waals surface area (Å²) in [7, 11) is 5.77. The lowest BCUT2D eigenvalue weighted by molar-refractivity contribution is -0.225. The predicted molar refractivity (Wildman–Crippen MR) is 206 cm³/mol. The average molecular weight is 740 g/mol. The number of alkyl halides is 3. The number of ether oxygens (including phenoxy) is 1. The molecule has 1 amide bonds. The summed E-state index contributed by atoms with van der Waals surface area (Å²) in [6.45, 7) is 12.9. The molecule has 0 aromatic carbocycles. The lowest BCUT2D eigenvalue weighted by Gasteiger charge is -2.38. The van der Waals surface area contributed by atoms with Crippen molar-refractivity contribution in [3.05, 3.63) is 39.7 Å². The first-order valence-corrected chi connectivity index (χ1v) is 19.5. The van der Waals surface area contributed by atoms with E-state index in [0.717, 1.165) is 43.6 Å². The average Bonchev–Trinajstić information content (AvgIpc) is 3.52. The van der Waals surface area contributed by atoms with E-state index in [0.29, 0.717) is 18.7 Å². The number of amides is 1. The number of nitrogens with one attached hydrogen (secondary N) is 1. The van der Waals surface area contributed by atoms with Crippen LogP contribution in [0, 0.1) is 23.2 Å². The fourth-order valence-corrected chi connectivity index (χ4v) is 5.92. The van der Waals surface area contributed by atoms with Gasteiger partial charge in [0.05, 0.1) is 17.7 Å². The van der Waals surface area contributed by atoms with Crippen LogP contribution in [-0.2, 0) is 11.2 Å². The molecule has 0 bridgehead atoms. The number of aromatic carboxylic acids is 1. The van der Waals surface area contributed by atoms with E-state index in [4.69, 9.17) is 4.74 Å². The number of anilines is 1. The Balaban J connectivity index is 0.000000889. The standard InChI is InChI=1S/C20H24F3NO3S.C10H16N2O.C6H12.2C2H6/c1-3-4-5-7-13(2)17(25)24-15-12-14(28-16(15)18(26)27)8-11-19(9-6-10-19)20(21,22)23;1-12(2)7-5-9-4-6-11-10(8-9)13-3;1-2-4-6-5-3-1;2*1-2/h12-13H,3-7,9-10H2,1-2H3,(H,24,25)(H,26,27);4,6,8H,5,7H2,1-3H3;1-6H2;2*1-2H3/t13-;;;;/m0..../s1. The Morgan fingerprint density at radius 3 is 2.08 bits per heavy atom. The Hall–Kier alpha value is -3.10. The first-order chi connectivity index (χ1) is 24.3. The van der Waals surface area contributed by atoms with Crippen LogP contribution >= 0.6 is 11.3 Å². The molecule has 0 unspecified atom stereocenters. The fourth-order valence-electron chi connectivity index (χ4n) is 5.11. The summed E-state index contributed by atoms with van der Waals surface area (Å²) in [6, 6.07) is 5.34. The highest BCUT2D eigenvalue weighted by Crippen LogP contribution is 2.52. The maximum Gasteiger partial charge on any atom is 0.405 e. The molecular weight excluding hydrogens is 676 g/mol. The summed E-state index contributed by atoms with van der Waals surface area (Å²) in [5.41, 5.74) is -0.651. The van der Waals surface area contributed by atoms with E-state index in [-0.39, 0.29) is 40.1 Å². The highest BCUT2D eigenvalue weighted by Gasteiger charge is 2.57. The molecule has 0 aliphatic heterocycles. The molecule has 2 N–H and O–H groups in total. The number of likely N-dealkylation sites (N-methyl/N-ethyl adjacent to an activating group) is 1. The van der Waals surface area contributed by atoms with Gasteiger partial charge in [-0.15, -0.1) is 11.3 Å². The molecule has 0 radical (unpaired) electrons. The number of methoxy groups -OCH3 is 1. The van der Waals surface area contributed by atoms with Crippen molar-refractivity contribution in [2.45, 2.75) is 138 Å². The molecule has 2 aliphatic carbocycles. The van der Waals surface area contributed by atoms with Gasteiger partial charge in [-0.3, -0.25) is 4.79 Å². The minimum Gasteiger partial charge on any atom is -0.481 e. The number of nitrogens with zero attached hydrogens (tertiary/aromatic N) is 2.